The first kappa shape index (κ1) is 18.3. The summed E-state index contributed by atoms with van der Waals surface area (Å²) in [4.78, 5) is 24.9. The van der Waals surface area contributed by atoms with Crippen LogP contribution in [-0.2, 0) is 20.9 Å². The average molecular weight is 335 g/mol. The van der Waals surface area contributed by atoms with Crippen molar-refractivity contribution < 1.29 is 24.2 Å². The summed E-state index contributed by atoms with van der Waals surface area (Å²) in [6.07, 6.45) is -0.205. The Bertz CT molecular complexity index is 567. The fraction of sp³-hybridized carbons (Fsp3) is 0.556. The van der Waals surface area contributed by atoms with Crippen LogP contribution in [0.15, 0.2) is 30.3 Å². The Hall–Kier alpha value is -2.08. The van der Waals surface area contributed by atoms with Crippen molar-refractivity contribution in [2.45, 2.75) is 45.4 Å². The summed E-state index contributed by atoms with van der Waals surface area (Å²) in [5, 5.41) is 9.36. The molecule has 1 aliphatic rings. The van der Waals surface area contributed by atoms with Crippen molar-refractivity contribution in [3.05, 3.63) is 35.9 Å². The van der Waals surface area contributed by atoms with Crippen LogP contribution in [0.4, 0.5) is 4.79 Å². The first-order valence-electron chi connectivity index (χ1n) is 8.10. The molecule has 0 aromatic heterocycles. The van der Waals surface area contributed by atoms with E-state index in [1.807, 2.05) is 30.3 Å². The van der Waals surface area contributed by atoms with Crippen LogP contribution in [0.2, 0.25) is 0 Å². The standard InChI is InChI=1S/C18H25NO5/c1-18(2,3)24-17(22)19-10-14(9-15(19)16(20)21)12-23-11-13-7-5-4-6-8-13/h4-8,14-15H,9-12H2,1-3H3,(H,20,21). The summed E-state index contributed by atoms with van der Waals surface area (Å²) in [6, 6.07) is 8.92. The highest BCUT2D eigenvalue weighted by atomic mass is 16.6. The number of nitrogens with zero attached hydrogens (tertiary/aromatic N) is 1. The van der Waals surface area contributed by atoms with Gasteiger partial charge in [0.2, 0.25) is 0 Å². The molecule has 0 saturated carbocycles. The number of carboxylic acid groups (broad SMARTS) is 1. The summed E-state index contributed by atoms with van der Waals surface area (Å²) >= 11 is 0. The molecule has 0 spiro atoms. The molecule has 24 heavy (non-hydrogen) atoms. The number of benzene rings is 1. The summed E-state index contributed by atoms with van der Waals surface area (Å²) in [7, 11) is 0. The lowest BCUT2D eigenvalue weighted by Crippen LogP contribution is -2.43. The van der Waals surface area contributed by atoms with Crippen molar-refractivity contribution >= 4 is 12.1 Å². The lowest BCUT2D eigenvalue weighted by Gasteiger charge is -2.26. The minimum absolute atomic E-state index is 0.0117. The van der Waals surface area contributed by atoms with Crippen LogP contribution in [0, 0.1) is 5.92 Å². The molecule has 132 valence electrons. The Morgan fingerprint density at radius 2 is 1.92 bits per heavy atom. The number of amides is 1. The van der Waals surface area contributed by atoms with Crippen molar-refractivity contribution in [1.29, 1.82) is 0 Å². The molecule has 1 aromatic rings. The van der Waals surface area contributed by atoms with Crippen molar-refractivity contribution in [3.8, 4) is 0 Å². The van der Waals surface area contributed by atoms with Gasteiger partial charge in [-0.2, -0.15) is 0 Å². The first-order valence-corrected chi connectivity index (χ1v) is 8.10. The number of likely N-dealkylation sites (tertiary alicyclic amines) is 1. The van der Waals surface area contributed by atoms with Gasteiger partial charge in [0.1, 0.15) is 11.6 Å². The van der Waals surface area contributed by atoms with Gasteiger partial charge in [0.15, 0.2) is 0 Å². The zero-order chi connectivity index (χ0) is 17.7. The molecule has 0 bridgehead atoms. The molecule has 1 heterocycles. The van der Waals surface area contributed by atoms with Crippen LogP contribution in [0.3, 0.4) is 0 Å². The molecule has 1 saturated heterocycles. The minimum Gasteiger partial charge on any atom is -0.480 e. The van der Waals surface area contributed by atoms with E-state index < -0.39 is 23.7 Å². The van der Waals surface area contributed by atoms with E-state index in [4.69, 9.17) is 9.47 Å². The van der Waals surface area contributed by atoms with Gasteiger partial charge in [-0.25, -0.2) is 9.59 Å². The van der Waals surface area contributed by atoms with Gasteiger partial charge >= 0.3 is 12.1 Å². The normalized spacial score (nSPS) is 20.9. The Kier molecular flexibility index (Phi) is 5.83. The SMILES string of the molecule is CC(C)(C)OC(=O)N1CC(COCc2ccccc2)CC1C(=O)O. The van der Waals surface area contributed by atoms with Gasteiger partial charge < -0.3 is 14.6 Å². The highest BCUT2D eigenvalue weighted by molar-refractivity contribution is 5.81. The van der Waals surface area contributed by atoms with Crippen LogP contribution in [-0.4, -0.2) is 46.9 Å². The number of carboxylic acids is 1. The summed E-state index contributed by atoms with van der Waals surface area (Å²) < 4.78 is 11.0. The predicted octanol–water partition coefficient (Wildman–Crippen LogP) is 2.91. The third-order valence-electron chi connectivity index (χ3n) is 3.77. The molecule has 1 fully saturated rings. The fourth-order valence-electron chi connectivity index (χ4n) is 2.72. The zero-order valence-corrected chi connectivity index (χ0v) is 14.4. The van der Waals surface area contributed by atoms with E-state index in [1.54, 1.807) is 20.8 Å². The van der Waals surface area contributed by atoms with E-state index in [-0.39, 0.29) is 5.92 Å². The Labute approximate surface area is 142 Å². The molecule has 1 N–H and O–H groups in total. The molecule has 2 unspecified atom stereocenters. The predicted molar refractivity (Wildman–Crippen MR) is 88.6 cm³/mol. The number of aliphatic carboxylic acids is 1. The molecule has 1 amide bonds. The summed E-state index contributed by atoms with van der Waals surface area (Å²) in [5.41, 5.74) is 0.413. The number of hydrogen-bond donors (Lipinski definition) is 1. The Balaban J connectivity index is 1.89. The van der Waals surface area contributed by atoms with Gasteiger partial charge in [-0.3, -0.25) is 4.90 Å². The van der Waals surface area contributed by atoms with Gasteiger partial charge in [-0.1, -0.05) is 30.3 Å². The molecule has 6 heteroatoms. The molecule has 0 aliphatic carbocycles. The number of carbonyl (C=O) groups excluding carboxylic acids is 1. The van der Waals surface area contributed by atoms with E-state index in [9.17, 15) is 14.7 Å². The summed E-state index contributed by atoms with van der Waals surface area (Å²) in [6.45, 7) is 6.51. The number of carbonyl (C=O) groups is 2. The van der Waals surface area contributed by atoms with E-state index in [2.05, 4.69) is 0 Å². The van der Waals surface area contributed by atoms with Crippen molar-refractivity contribution in [2.75, 3.05) is 13.2 Å². The lowest BCUT2D eigenvalue weighted by molar-refractivity contribution is -0.142. The first-order chi connectivity index (χ1) is 11.3. The van der Waals surface area contributed by atoms with E-state index in [1.165, 1.54) is 4.90 Å². The monoisotopic (exact) mass is 335 g/mol. The average Bonchev–Trinajstić information content (AvgIpc) is 2.91. The number of ether oxygens (including phenoxy) is 2. The van der Waals surface area contributed by atoms with E-state index in [0.29, 0.717) is 26.2 Å². The van der Waals surface area contributed by atoms with Crippen molar-refractivity contribution in [3.63, 3.8) is 0 Å². The van der Waals surface area contributed by atoms with Gasteiger partial charge in [0, 0.05) is 12.5 Å². The molecule has 0 radical (unpaired) electrons. The van der Waals surface area contributed by atoms with Crippen molar-refractivity contribution in [2.24, 2.45) is 5.92 Å². The van der Waals surface area contributed by atoms with Gasteiger partial charge in [0.25, 0.3) is 0 Å². The highest BCUT2D eigenvalue weighted by Gasteiger charge is 2.41. The molecule has 1 aromatic carbocycles. The Morgan fingerprint density at radius 1 is 1.25 bits per heavy atom. The second kappa shape index (κ2) is 7.66. The van der Waals surface area contributed by atoms with Crippen molar-refractivity contribution in [1.82, 2.24) is 4.90 Å². The molecule has 6 nitrogen and oxygen atoms in total. The van der Waals surface area contributed by atoms with E-state index in [0.717, 1.165) is 5.56 Å². The van der Waals surface area contributed by atoms with Gasteiger partial charge in [-0.05, 0) is 32.8 Å². The van der Waals surface area contributed by atoms with E-state index >= 15 is 0 Å². The maximum Gasteiger partial charge on any atom is 0.411 e. The van der Waals surface area contributed by atoms with Crippen LogP contribution < -0.4 is 0 Å². The second-order valence-electron chi connectivity index (χ2n) is 7.09. The van der Waals surface area contributed by atoms with Gasteiger partial charge in [0.05, 0.1) is 13.2 Å². The minimum atomic E-state index is -1.01. The topological polar surface area (TPSA) is 76.1 Å². The maximum absolute atomic E-state index is 12.2. The third kappa shape index (κ3) is 5.23. The molecular weight excluding hydrogens is 310 g/mol. The van der Waals surface area contributed by atoms with Crippen LogP contribution in [0.5, 0.6) is 0 Å². The number of rotatable bonds is 5. The quantitative estimate of drug-likeness (QED) is 0.895. The molecule has 1 aliphatic heterocycles. The number of hydrogen-bond acceptors (Lipinski definition) is 4. The highest BCUT2D eigenvalue weighted by Crippen LogP contribution is 2.26. The van der Waals surface area contributed by atoms with Crippen LogP contribution in [0.1, 0.15) is 32.8 Å². The molecule has 2 atom stereocenters. The molecule has 2 rings (SSSR count). The van der Waals surface area contributed by atoms with Crippen LogP contribution in [0.25, 0.3) is 0 Å². The third-order valence-corrected chi connectivity index (χ3v) is 3.77. The fourth-order valence-corrected chi connectivity index (χ4v) is 2.72. The lowest BCUT2D eigenvalue weighted by atomic mass is 10.1. The second-order valence-corrected chi connectivity index (χ2v) is 7.09. The summed E-state index contributed by atoms with van der Waals surface area (Å²) in [5.74, 6) is -1.02. The largest absolute Gasteiger partial charge is 0.480 e. The Morgan fingerprint density at radius 3 is 2.50 bits per heavy atom. The van der Waals surface area contributed by atoms with Crippen LogP contribution >= 0.6 is 0 Å². The molecular formula is C18H25NO5. The smallest absolute Gasteiger partial charge is 0.411 e. The zero-order valence-electron chi connectivity index (χ0n) is 14.4. The van der Waals surface area contributed by atoms with Gasteiger partial charge in [-0.15, -0.1) is 0 Å². The maximum atomic E-state index is 12.2.